The Morgan fingerprint density at radius 2 is 2.15 bits per heavy atom. The molecule has 2 heterocycles. The molecule has 2 rings (SSSR count). The predicted octanol–water partition coefficient (Wildman–Crippen LogP) is 3.25. The number of thiophene rings is 1. The second kappa shape index (κ2) is 4.69. The Balaban J connectivity index is 1.89. The lowest BCUT2D eigenvalue weighted by Crippen LogP contribution is -2.28. The van der Waals surface area contributed by atoms with Crippen molar-refractivity contribution in [1.82, 2.24) is 5.32 Å². The molecular weight excluding hydrogens is 222 g/mol. The standard InChI is InChI=1S/C9H12ClNS2/c10-8-1-2-9(13-8)12-7-3-5-11-6-4-7/h1-2,7,11H,3-6H2. The van der Waals surface area contributed by atoms with Gasteiger partial charge in [-0.2, -0.15) is 0 Å². The maximum absolute atomic E-state index is 5.87. The monoisotopic (exact) mass is 233 g/mol. The molecule has 0 bridgehead atoms. The summed E-state index contributed by atoms with van der Waals surface area (Å²) in [7, 11) is 0. The van der Waals surface area contributed by atoms with Gasteiger partial charge in [0.05, 0.1) is 8.55 Å². The summed E-state index contributed by atoms with van der Waals surface area (Å²) in [4.78, 5) is 0. The Morgan fingerprint density at radius 3 is 2.77 bits per heavy atom. The highest BCUT2D eigenvalue weighted by molar-refractivity contribution is 8.01. The molecule has 1 saturated heterocycles. The van der Waals surface area contributed by atoms with Gasteiger partial charge in [-0.3, -0.25) is 0 Å². The molecule has 72 valence electrons. The lowest BCUT2D eigenvalue weighted by molar-refractivity contribution is 0.532. The predicted molar refractivity (Wildman–Crippen MR) is 61.1 cm³/mol. The molecule has 1 fully saturated rings. The van der Waals surface area contributed by atoms with Gasteiger partial charge in [-0.15, -0.1) is 23.1 Å². The largest absolute Gasteiger partial charge is 0.317 e. The molecule has 1 nitrogen and oxygen atoms in total. The number of thioether (sulfide) groups is 1. The third kappa shape index (κ3) is 2.88. The van der Waals surface area contributed by atoms with E-state index in [4.69, 9.17) is 11.6 Å². The average molecular weight is 234 g/mol. The van der Waals surface area contributed by atoms with Gasteiger partial charge in [-0.25, -0.2) is 0 Å². The second-order valence-corrected chi connectivity index (χ2v) is 6.44. The van der Waals surface area contributed by atoms with Crippen molar-refractivity contribution in [1.29, 1.82) is 0 Å². The fourth-order valence-electron chi connectivity index (χ4n) is 1.44. The van der Waals surface area contributed by atoms with E-state index in [9.17, 15) is 0 Å². The van der Waals surface area contributed by atoms with E-state index < -0.39 is 0 Å². The third-order valence-corrected chi connectivity index (χ3v) is 4.86. The van der Waals surface area contributed by atoms with Gasteiger partial charge >= 0.3 is 0 Å². The van der Waals surface area contributed by atoms with E-state index in [0.29, 0.717) is 0 Å². The van der Waals surface area contributed by atoms with Crippen molar-refractivity contribution in [3.05, 3.63) is 16.5 Å². The Kier molecular flexibility index (Phi) is 3.55. The summed E-state index contributed by atoms with van der Waals surface area (Å²) >= 11 is 9.54. The molecule has 1 aliphatic rings. The van der Waals surface area contributed by atoms with Crippen LogP contribution in [-0.4, -0.2) is 18.3 Å². The number of nitrogens with one attached hydrogen (secondary N) is 1. The van der Waals surface area contributed by atoms with Gasteiger partial charge in [-0.1, -0.05) is 11.6 Å². The molecule has 0 amide bonds. The highest BCUT2D eigenvalue weighted by atomic mass is 35.5. The fraction of sp³-hybridized carbons (Fsp3) is 0.556. The summed E-state index contributed by atoms with van der Waals surface area (Å²) in [5, 5.41) is 4.16. The minimum atomic E-state index is 0.788. The molecule has 4 heteroatoms. The molecule has 0 saturated carbocycles. The fourth-order valence-corrected chi connectivity index (χ4v) is 4.17. The molecule has 0 aliphatic carbocycles. The molecule has 1 aromatic heterocycles. The topological polar surface area (TPSA) is 12.0 Å². The Hall–Kier alpha value is 0.300. The maximum atomic E-state index is 5.87. The van der Waals surface area contributed by atoms with Gasteiger partial charge in [0.15, 0.2) is 0 Å². The molecule has 1 N–H and O–H groups in total. The summed E-state index contributed by atoms with van der Waals surface area (Å²) in [5.74, 6) is 0. The van der Waals surface area contributed by atoms with Crippen LogP contribution in [0.1, 0.15) is 12.8 Å². The van der Waals surface area contributed by atoms with Crippen LogP contribution >= 0.6 is 34.7 Å². The smallest absolute Gasteiger partial charge is 0.0940 e. The van der Waals surface area contributed by atoms with Crippen LogP contribution in [0.3, 0.4) is 0 Å². The van der Waals surface area contributed by atoms with Gasteiger partial charge in [0.2, 0.25) is 0 Å². The van der Waals surface area contributed by atoms with E-state index in [-0.39, 0.29) is 0 Å². The number of hydrogen-bond donors (Lipinski definition) is 1. The lowest BCUT2D eigenvalue weighted by Gasteiger charge is -2.21. The van der Waals surface area contributed by atoms with Gasteiger partial charge in [-0.05, 0) is 38.1 Å². The van der Waals surface area contributed by atoms with Crippen LogP contribution in [0.2, 0.25) is 4.34 Å². The molecule has 1 aliphatic heterocycles. The van der Waals surface area contributed by atoms with Crippen molar-refractivity contribution >= 4 is 34.7 Å². The molecule has 13 heavy (non-hydrogen) atoms. The van der Waals surface area contributed by atoms with Crippen LogP contribution in [0, 0.1) is 0 Å². The van der Waals surface area contributed by atoms with E-state index in [1.165, 1.54) is 17.1 Å². The van der Waals surface area contributed by atoms with Crippen LogP contribution in [0.15, 0.2) is 16.3 Å². The molecular formula is C9H12ClNS2. The highest BCUT2D eigenvalue weighted by Crippen LogP contribution is 2.35. The summed E-state index contributed by atoms with van der Waals surface area (Å²) in [5.41, 5.74) is 0. The van der Waals surface area contributed by atoms with E-state index in [1.807, 2.05) is 17.8 Å². The summed E-state index contributed by atoms with van der Waals surface area (Å²) in [6.07, 6.45) is 2.56. The van der Waals surface area contributed by atoms with Crippen molar-refractivity contribution in [2.24, 2.45) is 0 Å². The summed E-state index contributed by atoms with van der Waals surface area (Å²) in [6.45, 7) is 2.33. The molecule has 0 spiro atoms. The van der Waals surface area contributed by atoms with Gasteiger partial charge < -0.3 is 5.32 Å². The zero-order valence-electron chi connectivity index (χ0n) is 7.25. The SMILES string of the molecule is Clc1ccc(SC2CCNCC2)s1. The molecule has 0 unspecified atom stereocenters. The van der Waals surface area contributed by atoms with Crippen LogP contribution in [0.25, 0.3) is 0 Å². The van der Waals surface area contributed by atoms with Crippen LogP contribution < -0.4 is 5.32 Å². The Morgan fingerprint density at radius 1 is 1.38 bits per heavy atom. The van der Waals surface area contributed by atoms with Crippen LogP contribution in [0.5, 0.6) is 0 Å². The molecule has 0 aromatic carbocycles. The number of hydrogen-bond acceptors (Lipinski definition) is 3. The van der Waals surface area contributed by atoms with Crippen molar-refractivity contribution in [2.45, 2.75) is 22.3 Å². The first-order chi connectivity index (χ1) is 6.34. The average Bonchev–Trinajstić information content (AvgIpc) is 2.53. The quantitative estimate of drug-likeness (QED) is 0.842. The first-order valence-corrected chi connectivity index (χ1v) is 6.55. The van der Waals surface area contributed by atoms with E-state index in [2.05, 4.69) is 11.4 Å². The van der Waals surface area contributed by atoms with Crippen LogP contribution in [0.4, 0.5) is 0 Å². The lowest BCUT2D eigenvalue weighted by atomic mass is 10.2. The second-order valence-electron chi connectivity index (χ2n) is 3.13. The van der Waals surface area contributed by atoms with E-state index in [0.717, 1.165) is 22.7 Å². The third-order valence-electron chi connectivity index (χ3n) is 2.12. The summed E-state index contributed by atoms with van der Waals surface area (Å²) < 4.78 is 2.26. The van der Waals surface area contributed by atoms with Gasteiger partial charge in [0, 0.05) is 5.25 Å². The zero-order chi connectivity index (χ0) is 9.10. The number of halogens is 1. The first-order valence-electron chi connectivity index (χ1n) is 4.47. The molecule has 1 aromatic rings. The minimum Gasteiger partial charge on any atom is -0.317 e. The van der Waals surface area contributed by atoms with Crippen molar-refractivity contribution in [3.8, 4) is 0 Å². The van der Waals surface area contributed by atoms with Crippen LogP contribution in [-0.2, 0) is 0 Å². The van der Waals surface area contributed by atoms with Gasteiger partial charge in [0.25, 0.3) is 0 Å². The van der Waals surface area contributed by atoms with E-state index in [1.54, 1.807) is 11.3 Å². The first kappa shape index (κ1) is 9.84. The van der Waals surface area contributed by atoms with Crippen molar-refractivity contribution in [3.63, 3.8) is 0 Å². The Bertz CT molecular complexity index is 268. The van der Waals surface area contributed by atoms with Gasteiger partial charge in [0.1, 0.15) is 0 Å². The molecule has 0 radical (unpaired) electrons. The minimum absolute atomic E-state index is 0.788. The van der Waals surface area contributed by atoms with E-state index >= 15 is 0 Å². The highest BCUT2D eigenvalue weighted by Gasteiger charge is 2.14. The Labute approximate surface area is 91.9 Å². The van der Waals surface area contributed by atoms with Crippen molar-refractivity contribution in [2.75, 3.05) is 13.1 Å². The molecule has 0 atom stereocenters. The number of rotatable bonds is 2. The maximum Gasteiger partial charge on any atom is 0.0940 e. The summed E-state index contributed by atoms with van der Waals surface area (Å²) in [6, 6.07) is 4.11. The normalized spacial score (nSPS) is 19.2. The number of piperidine rings is 1. The zero-order valence-corrected chi connectivity index (χ0v) is 9.64. The van der Waals surface area contributed by atoms with Crippen molar-refractivity contribution < 1.29 is 0 Å².